The van der Waals surface area contributed by atoms with Crippen LogP contribution in [0.1, 0.15) is 38.9 Å². The van der Waals surface area contributed by atoms with E-state index in [1.807, 2.05) is 6.92 Å². The fourth-order valence-electron chi connectivity index (χ4n) is 4.13. The minimum absolute atomic E-state index is 0.00861. The Labute approximate surface area is 215 Å². The molecule has 0 spiro atoms. The number of nitrogens with one attached hydrogen (secondary N) is 1. The summed E-state index contributed by atoms with van der Waals surface area (Å²) in [5.41, 5.74) is 9.11. The van der Waals surface area contributed by atoms with E-state index in [4.69, 9.17) is 42.9 Å². The molecule has 2 aromatic heterocycles. The number of nitrogens with zero attached hydrogens (tertiary/aromatic N) is 3. The Morgan fingerprint density at radius 1 is 1.17 bits per heavy atom. The minimum Gasteiger partial charge on any atom is -0.423 e. The number of ether oxygens (including phenoxy) is 2. The van der Waals surface area contributed by atoms with Crippen molar-refractivity contribution >= 4 is 29.2 Å². The van der Waals surface area contributed by atoms with Crippen LogP contribution in [0.3, 0.4) is 0 Å². The van der Waals surface area contributed by atoms with Gasteiger partial charge in [-0.05, 0) is 43.7 Å². The molecule has 3 heterocycles. The molecule has 1 aliphatic heterocycles. The SMILES string of the molecule is Cc1[nH]nc2c1[C@@H](c1ccc(OC(=O)c3c(-c4c(Cl)cccc4Cl)noc3C)cc1)C(C#N)=C(N)O2. The van der Waals surface area contributed by atoms with Crippen molar-refractivity contribution in [2.24, 2.45) is 5.73 Å². The topological polar surface area (TPSA) is 140 Å². The molecule has 0 amide bonds. The van der Waals surface area contributed by atoms with Crippen LogP contribution in [0.15, 0.2) is 58.4 Å². The molecular formula is C25H17Cl2N5O4. The van der Waals surface area contributed by atoms with Gasteiger partial charge in [0.05, 0.1) is 16.0 Å². The first kappa shape index (κ1) is 23.5. The molecule has 5 rings (SSSR count). The molecule has 0 fully saturated rings. The lowest BCUT2D eigenvalue weighted by Gasteiger charge is -2.23. The summed E-state index contributed by atoms with van der Waals surface area (Å²) in [6.45, 7) is 3.43. The van der Waals surface area contributed by atoms with Gasteiger partial charge in [0.25, 0.3) is 0 Å². The van der Waals surface area contributed by atoms with E-state index in [1.54, 1.807) is 49.4 Å². The number of halogens is 2. The summed E-state index contributed by atoms with van der Waals surface area (Å²) in [4.78, 5) is 13.1. The molecule has 36 heavy (non-hydrogen) atoms. The number of allylic oxidation sites excluding steroid dienone is 1. The molecule has 0 bridgehead atoms. The largest absolute Gasteiger partial charge is 0.423 e. The van der Waals surface area contributed by atoms with Gasteiger partial charge in [-0.1, -0.05) is 46.6 Å². The van der Waals surface area contributed by atoms with E-state index >= 15 is 0 Å². The highest BCUT2D eigenvalue weighted by molar-refractivity contribution is 6.39. The smallest absolute Gasteiger partial charge is 0.349 e. The number of nitrogens with two attached hydrogens (primary N) is 1. The molecule has 1 atom stereocenters. The first-order chi connectivity index (χ1) is 17.3. The molecule has 2 aromatic carbocycles. The van der Waals surface area contributed by atoms with Crippen LogP contribution in [0.25, 0.3) is 11.3 Å². The number of nitriles is 1. The maximum Gasteiger partial charge on any atom is 0.349 e. The number of benzene rings is 2. The Balaban J connectivity index is 1.46. The number of H-pyrrole nitrogens is 1. The highest BCUT2D eigenvalue weighted by Crippen LogP contribution is 2.43. The number of carbonyl (C=O) groups excluding carboxylic acids is 1. The summed E-state index contributed by atoms with van der Waals surface area (Å²) in [6, 6.07) is 13.8. The Morgan fingerprint density at radius 3 is 2.53 bits per heavy atom. The zero-order valence-corrected chi connectivity index (χ0v) is 20.4. The molecular weight excluding hydrogens is 505 g/mol. The predicted molar refractivity (Wildman–Crippen MR) is 131 cm³/mol. The van der Waals surface area contributed by atoms with Gasteiger partial charge in [0.1, 0.15) is 34.4 Å². The van der Waals surface area contributed by atoms with Crippen molar-refractivity contribution in [3.8, 4) is 29.0 Å². The quantitative estimate of drug-likeness (QED) is 0.267. The van der Waals surface area contributed by atoms with Gasteiger partial charge in [-0.3, -0.25) is 5.10 Å². The van der Waals surface area contributed by atoms with E-state index in [1.165, 1.54) is 0 Å². The third-order valence-electron chi connectivity index (χ3n) is 5.82. The van der Waals surface area contributed by atoms with Gasteiger partial charge in [-0.25, -0.2) is 4.79 Å². The van der Waals surface area contributed by atoms with Gasteiger partial charge in [0.2, 0.25) is 11.8 Å². The standard InChI is InChI=1S/C25H17Cl2N5O4/c1-11-18-20(15(10-28)23(29)35-24(18)31-30-11)13-6-8-14(9-7-13)34-25(33)19-12(2)36-32-22(19)21-16(26)4-3-5-17(21)27/h3-9,20H,29H2,1-2H3,(H,30,31)/t20-/m0/s1. The van der Waals surface area contributed by atoms with Crippen LogP contribution >= 0.6 is 23.2 Å². The normalized spacial score (nSPS) is 14.7. The Hall–Kier alpha value is -4.26. The Bertz CT molecular complexity index is 1560. The van der Waals surface area contributed by atoms with Crippen LogP contribution in [0.5, 0.6) is 11.6 Å². The number of carbonyl (C=O) groups is 1. The van der Waals surface area contributed by atoms with Gasteiger partial charge in [0, 0.05) is 16.8 Å². The molecule has 0 radical (unpaired) electrons. The first-order valence-corrected chi connectivity index (χ1v) is 11.4. The summed E-state index contributed by atoms with van der Waals surface area (Å²) in [6.07, 6.45) is 0. The fraction of sp³-hybridized carbons (Fsp3) is 0.120. The summed E-state index contributed by atoms with van der Waals surface area (Å²) in [5.74, 6) is -0.340. The monoisotopic (exact) mass is 521 g/mol. The van der Waals surface area contributed by atoms with Crippen LogP contribution in [-0.4, -0.2) is 21.3 Å². The van der Waals surface area contributed by atoms with E-state index in [9.17, 15) is 10.1 Å². The van der Waals surface area contributed by atoms with E-state index < -0.39 is 11.9 Å². The highest BCUT2D eigenvalue weighted by Gasteiger charge is 2.34. The summed E-state index contributed by atoms with van der Waals surface area (Å²) in [5, 5.41) is 21.3. The molecule has 0 unspecified atom stereocenters. The Morgan fingerprint density at radius 2 is 1.86 bits per heavy atom. The van der Waals surface area contributed by atoms with Gasteiger partial charge in [0.15, 0.2) is 0 Å². The molecule has 1 aliphatic rings. The summed E-state index contributed by atoms with van der Waals surface area (Å²) >= 11 is 12.6. The number of rotatable bonds is 4. The molecule has 4 aromatic rings. The zero-order valence-electron chi connectivity index (χ0n) is 18.9. The lowest BCUT2D eigenvalue weighted by Crippen LogP contribution is -2.21. The van der Waals surface area contributed by atoms with Crippen LogP contribution in [0.4, 0.5) is 0 Å². The third kappa shape index (κ3) is 3.86. The van der Waals surface area contributed by atoms with Gasteiger partial charge in [-0.2, -0.15) is 5.26 Å². The van der Waals surface area contributed by atoms with E-state index in [0.29, 0.717) is 27.1 Å². The van der Waals surface area contributed by atoms with Crippen molar-refractivity contribution in [1.82, 2.24) is 15.4 Å². The van der Waals surface area contributed by atoms with Crippen molar-refractivity contribution < 1.29 is 18.8 Å². The number of hydrogen-bond donors (Lipinski definition) is 2. The number of aryl methyl sites for hydroxylation is 2. The van der Waals surface area contributed by atoms with Crippen LogP contribution < -0.4 is 15.2 Å². The number of hydrogen-bond acceptors (Lipinski definition) is 8. The lowest BCUT2D eigenvalue weighted by atomic mass is 9.84. The second kappa shape index (κ2) is 9.07. The van der Waals surface area contributed by atoms with Crippen molar-refractivity contribution in [3.63, 3.8) is 0 Å². The molecule has 11 heteroatoms. The van der Waals surface area contributed by atoms with Crippen LogP contribution in [0.2, 0.25) is 10.0 Å². The van der Waals surface area contributed by atoms with Crippen molar-refractivity contribution in [2.45, 2.75) is 19.8 Å². The maximum atomic E-state index is 13.1. The van der Waals surface area contributed by atoms with Crippen molar-refractivity contribution in [1.29, 1.82) is 5.26 Å². The second-order valence-electron chi connectivity index (χ2n) is 8.01. The van der Waals surface area contributed by atoms with Crippen molar-refractivity contribution in [3.05, 3.63) is 92.1 Å². The third-order valence-corrected chi connectivity index (χ3v) is 6.45. The van der Waals surface area contributed by atoms with Crippen molar-refractivity contribution in [2.75, 3.05) is 0 Å². The van der Waals surface area contributed by atoms with Crippen LogP contribution in [-0.2, 0) is 0 Å². The van der Waals surface area contributed by atoms with Gasteiger partial charge >= 0.3 is 5.97 Å². The van der Waals surface area contributed by atoms with Crippen LogP contribution in [0, 0.1) is 25.2 Å². The predicted octanol–water partition coefficient (Wildman–Crippen LogP) is 5.43. The maximum absolute atomic E-state index is 13.1. The molecule has 3 N–H and O–H groups in total. The van der Waals surface area contributed by atoms with E-state index in [-0.39, 0.29) is 34.2 Å². The molecule has 0 aliphatic carbocycles. The highest BCUT2D eigenvalue weighted by atomic mass is 35.5. The molecule has 0 saturated carbocycles. The first-order valence-electron chi connectivity index (χ1n) is 10.6. The lowest BCUT2D eigenvalue weighted by molar-refractivity contribution is 0.0733. The molecule has 180 valence electrons. The summed E-state index contributed by atoms with van der Waals surface area (Å²) < 4.78 is 16.3. The van der Waals surface area contributed by atoms with E-state index in [0.717, 1.165) is 11.3 Å². The minimum atomic E-state index is -0.687. The fourth-order valence-corrected chi connectivity index (χ4v) is 4.70. The second-order valence-corrected chi connectivity index (χ2v) is 8.82. The number of aromatic amines is 1. The average Bonchev–Trinajstić information content (AvgIpc) is 3.41. The number of fused-ring (bicyclic) bond motifs is 1. The zero-order chi connectivity index (χ0) is 25.6. The van der Waals surface area contributed by atoms with Gasteiger partial charge in [-0.15, -0.1) is 5.10 Å². The average molecular weight is 522 g/mol. The molecule has 9 nitrogen and oxygen atoms in total. The van der Waals surface area contributed by atoms with Gasteiger partial charge < -0.3 is 19.7 Å². The van der Waals surface area contributed by atoms with E-state index in [2.05, 4.69) is 21.4 Å². The summed E-state index contributed by atoms with van der Waals surface area (Å²) in [7, 11) is 0. The molecule has 0 saturated heterocycles. The Kier molecular flexibility index (Phi) is 5.92. The number of esters is 1. The number of aromatic nitrogens is 3.